The summed E-state index contributed by atoms with van der Waals surface area (Å²) in [5, 5.41) is 0. The topological polar surface area (TPSA) is 73.8 Å². The molecule has 4 aliphatic rings. The van der Waals surface area contributed by atoms with Crippen LogP contribution in [0.3, 0.4) is 0 Å². The van der Waals surface area contributed by atoms with Gasteiger partial charge in [0.2, 0.25) is 0 Å². The number of ether oxygens (including phenoxy) is 8. The number of hydrogen-bond acceptors (Lipinski definition) is 8. The number of hydrogen-bond donors (Lipinski definition) is 0. The van der Waals surface area contributed by atoms with Gasteiger partial charge in [0.15, 0.2) is 24.8 Å². The van der Waals surface area contributed by atoms with Crippen molar-refractivity contribution in [2.24, 2.45) is 0 Å². The van der Waals surface area contributed by atoms with Crippen molar-refractivity contribution in [1.29, 1.82) is 0 Å². The molecule has 2 fully saturated rings. The third kappa shape index (κ3) is 12.0. The van der Waals surface area contributed by atoms with E-state index in [0.717, 1.165) is 71.5 Å². The predicted molar refractivity (Wildman–Crippen MR) is 211 cm³/mol. The highest BCUT2D eigenvalue weighted by Gasteiger charge is 2.44. The SMILES string of the molecule is BrC1=CO[C@@H]2CO[C@H](c3ccccc3)O[C@H]2[C@@H]1OCC#CCCCCC#CC#CCCCCC#CCO[C@@H]1C(Br)=CO[C@@H]2CO[C@H](c3ccccc3)O[C@@H]12. The van der Waals surface area contributed by atoms with Gasteiger partial charge in [0.05, 0.1) is 34.7 Å². The maximum atomic E-state index is 6.26. The number of halogens is 2. The van der Waals surface area contributed by atoms with Crippen molar-refractivity contribution in [1.82, 2.24) is 0 Å². The van der Waals surface area contributed by atoms with Gasteiger partial charge in [0.1, 0.15) is 37.6 Å². The molecule has 0 saturated carbocycles. The third-order valence-electron chi connectivity index (χ3n) is 8.98. The van der Waals surface area contributed by atoms with Crippen molar-refractivity contribution in [2.75, 3.05) is 26.4 Å². The monoisotopic (exact) mass is 858 g/mol. The predicted octanol–water partition coefficient (Wildman–Crippen LogP) is 8.39. The molecule has 282 valence electrons. The summed E-state index contributed by atoms with van der Waals surface area (Å²) in [5.41, 5.74) is 1.93. The van der Waals surface area contributed by atoms with E-state index in [4.69, 9.17) is 37.9 Å². The van der Waals surface area contributed by atoms with E-state index in [9.17, 15) is 0 Å². The van der Waals surface area contributed by atoms with E-state index in [-0.39, 0.29) is 36.6 Å². The summed E-state index contributed by atoms with van der Waals surface area (Å²) in [4.78, 5) is 0. The van der Waals surface area contributed by atoms with Crippen molar-refractivity contribution >= 4 is 31.9 Å². The second-order valence-electron chi connectivity index (χ2n) is 12.9. The zero-order chi connectivity index (χ0) is 37.2. The van der Waals surface area contributed by atoms with Crippen LogP contribution in [0, 0.1) is 47.4 Å². The Kier molecular flexibility index (Phi) is 16.5. The van der Waals surface area contributed by atoms with Gasteiger partial charge in [-0.1, -0.05) is 84.3 Å². The van der Waals surface area contributed by atoms with Gasteiger partial charge < -0.3 is 37.9 Å². The van der Waals surface area contributed by atoms with Gasteiger partial charge in [0, 0.05) is 36.8 Å². The Morgan fingerprint density at radius 2 is 0.944 bits per heavy atom. The number of benzene rings is 2. The molecule has 10 heteroatoms. The second kappa shape index (κ2) is 22.1. The molecule has 0 radical (unpaired) electrons. The minimum absolute atomic E-state index is 0.232. The van der Waals surface area contributed by atoms with Crippen LogP contribution in [0.1, 0.15) is 75.1 Å². The molecule has 54 heavy (non-hydrogen) atoms. The summed E-state index contributed by atoms with van der Waals surface area (Å²) in [6.45, 7) is 1.47. The Bertz CT molecular complexity index is 1670. The zero-order valence-electron chi connectivity index (χ0n) is 30.1. The summed E-state index contributed by atoms with van der Waals surface area (Å²) >= 11 is 7.15. The highest BCUT2D eigenvalue weighted by molar-refractivity contribution is 9.12. The molecule has 2 saturated heterocycles. The largest absolute Gasteiger partial charge is 0.492 e. The van der Waals surface area contributed by atoms with Crippen molar-refractivity contribution in [3.05, 3.63) is 93.3 Å². The first-order chi connectivity index (χ1) is 26.7. The Balaban J connectivity index is 0.788. The minimum atomic E-state index is -0.457. The van der Waals surface area contributed by atoms with E-state index in [2.05, 4.69) is 79.2 Å². The standard InChI is InChI=1S/C44H44Br2O8/c45-35-29-49-37-31-51-43(33-23-17-15-18-24-33)53-41(37)39(35)47-27-21-13-11-9-7-5-3-1-2-4-6-8-10-12-14-22-28-48-40-36(46)30-50-38-32-52-44(54-42(38)40)34-25-19-16-20-26-34/h15-20,23-26,29-30,37-44H,5-12,27-28,31-32H2/t37-,38-,39-,40-,41-,42-,43+,44+/m1/s1. The fourth-order valence-corrected chi connectivity index (χ4v) is 7.14. The van der Waals surface area contributed by atoms with Gasteiger partial charge in [-0.05, 0) is 69.4 Å². The van der Waals surface area contributed by atoms with Gasteiger partial charge in [-0.15, -0.1) is 11.8 Å². The fourth-order valence-electron chi connectivity index (χ4n) is 6.14. The number of fused-ring (bicyclic) bond motifs is 2. The van der Waals surface area contributed by atoms with Gasteiger partial charge >= 0.3 is 0 Å². The normalized spacial score (nSPS) is 26.7. The summed E-state index contributed by atoms with van der Waals surface area (Å²) < 4.78 is 49.7. The molecule has 2 aromatic carbocycles. The van der Waals surface area contributed by atoms with Crippen molar-refractivity contribution in [3.8, 4) is 47.4 Å². The number of unbranched alkanes of at least 4 members (excludes halogenated alkanes) is 6. The Labute approximate surface area is 335 Å². The summed E-state index contributed by atoms with van der Waals surface area (Å²) in [6.07, 6.45) is 7.89. The molecule has 0 aliphatic carbocycles. The lowest BCUT2D eigenvalue weighted by Gasteiger charge is -2.41. The lowest BCUT2D eigenvalue weighted by atomic mass is 10.0. The molecule has 8 nitrogen and oxygen atoms in total. The average molecular weight is 861 g/mol. The molecule has 0 aromatic heterocycles. The molecule has 0 N–H and O–H groups in total. The van der Waals surface area contributed by atoms with Crippen LogP contribution in [0.25, 0.3) is 0 Å². The zero-order valence-corrected chi connectivity index (χ0v) is 33.2. The molecule has 6 rings (SSSR count). The first-order valence-corrected chi connectivity index (χ1v) is 20.0. The van der Waals surface area contributed by atoms with Crippen LogP contribution in [-0.4, -0.2) is 63.1 Å². The van der Waals surface area contributed by atoms with Crippen LogP contribution >= 0.6 is 31.9 Å². The highest BCUT2D eigenvalue weighted by atomic mass is 79.9. The molecule has 0 spiro atoms. The Morgan fingerprint density at radius 3 is 1.37 bits per heavy atom. The maximum Gasteiger partial charge on any atom is 0.184 e. The van der Waals surface area contributed by atoms with E-state index < -0.39 is 12.6 Å². The molecular weight excluding hydrogens is 816 g/mol. The van der Waals surface area contributed by atoms with E-state index in [0.29, 0.717) is 26.4 Å². The summed E-state index contributed by atoms with van der Waals surface area (Å²) in [7, 11) is 0. The molecule has 0 bridgehead atoms. The second-order valence-corrected chi connectivity index (χ2v) is 14.7. The molecule has 0 unspecified atom stereocenters. The molecule has 0 amide bonds. The van der Waals surface area contributed by atoms with Crippen LogP contribution in [0.2, 0.25) is 0 Å². The summed E-state index contributed by atoms with van der Waals surface area (Å²) in [6, 6.07) is 19.8. The van der Waals surface area contributed by atoms with Crippen LogP contribution in [0.5, 0.6) is 0 Å². The smallest absolute Gasteiger partial charge is 0.184 e. The van der Waals surface area contributed by atoms with E-state index in [1.54, 1.807) is 12.5 Å². The van der Waals surface area contributed by atoms with E-state index in [1.165, 1.54) is 0 Å². The van der Waals surface area contributed by atoms with Crippen LogP contribution in [-0.2, 0) is 37.9 Å². The fraction of sp³-hybridized carbons (Fsp3) is 0.455. The minimum Gasteiger partial charge on any atom is -0.492 e. The summed E-state index contributed by atoms with van der Waals surface area (Å²) in [5.74, 6) is 24.9. The quantitative estimate of drug-likeness (QED) is 0.156. The van der Waals surface area contributed by atoms with Gasteiger partial charge in [0.25, 0.3) is 0 Å². The van der Waals surface area contributed by atoms with Crippen LogP contribution < -0.4 is 0 Å². The van der Waals surface area contributed by atoms with Crippen molar-refractivity contribution in [3.63, 3.8) is 0 Å². The molecule has 2 aromatic rings. The lowest BCUT2D eigenvalue weighted by Crippen LogP contribution is -2.51. The van der Waals surface area contributed by atoms with E-state index in [1.807, 2.05) is 60.7 Å². The van der Waals surface area contributed by atoms with Crippen molar-refractivity contribution < 1.29 is 37.9 Å². The van der Waals surface area contributed by atoms with Crippen LogP contribution in [0.4, 0.5) is 0 Å². The molecule has 4 aliphatic heterocycles. The first kappa shape index (κ1) is 40.2. The first-order valence-electron chi connectivity index (χ1n) is 18.4. The van der Waals surface area contributed by atoms with Gasteiger partial charge in [-0.3, -0.25) is 0 Å². The van der Waals surface area contributed by atoms with Gasteiger partial charge in [-0.2, -0.15) is 0 Å². The Morgan fingerprint density at radius 1 is 0.537 bits per heavy atom. The Hall–Kier alpha value is -3.52. The molecule has 8 atom stereocenters. The maximum absolute atomic E-state index is 6.26. The number of rotatable bonds is 12. The average Bonchev–Trinajstić information content (AvgIpc) is 3.21. The van der Waals surface area contributed by atoms with Gasteiger partial charge in [-0.25, -0.2) is 0 Å². The van der Waals surface area contributed by atoms with Crippen molar-refractivity contribution in [2.45, 2.75) is 101 Å². The molecule has 4 heterocycles. The highest BCUT2D eigenvalue weighted by Crippen LogP contribution is 2.37. The third-order valence-corrected chi connectivity index (χ3v) is 10.3. The van der Waals surface area contributed by atoms with E-state index >= 15 is 0 Å². The molecular formula is C44H44Br2O8. The van der Waals surface area contributed by atoms with Crippen LogP contribution in [0.15, 0.2) is 82.2 Å². The lowest BCUT2D eigenvalue weighted by molar-refractivity contribution is -0.279.